The fourth-order valence-corrected chi connectivity index (χ4v) is 3.36. The van der Waals surface area contributed by atoms with Gasteiger partial charge in [-0.15, -0.1) is 0 Å². The Kier molecular flexibility index (Phi) is 7.15. The highest BCUT2D eigenvalue weighted by atomic mass is 16.5. The Morgan fingerprint density at radius 3 is 2.72 bits per heavy atom. The number of hydroxylamine groups is 2. The average Bonchev–Trinajstić information content (AvgIpc) is 3.28. The summed E-state index contributed by atoms with van der Waals surface area (Å²) in [6, 6.07) is 3.11. The van der Waals surface area contributed by atoms with E-state index in [1.165, 1.54) is 6.33 Å². The lowest BCUT2D eigenvalue weighted by atomic mass is 10.0. The number of anilines is 1. The van der Waals surface area contributed by atoms with Crippen molar-refractivity contribution < 1.29 is 24.2 Å². The number of nitrogens with one attached hydrogen (secondary N) is 1. The lowest BCUT2D eigenvalue weighted by Crippen LogP contribution is -2.55. The monoisotopic (exact) mass is 405 g/mol. The summed E-state index contributed by atoms with van der Waals surface area (Å²) in [5, 5.41) is 14.5. The molecule has 0 amide bonds. The van der Waals surface area contributed by atoms with E-state index in [4.69, 9.17) is 19.9 Å². The van der Waals surface area contributed by atoms with E-state index < -0.39 is 6.04 Å². The van der Waals surface area contributed by atoms with Crippen LogP contribution in [0.2, 0.25) is 0 Å². The van der Waals surface area contributed by atoms with Crippen LogP contribution in [-0.4, -0.2) is 78.6 Å². The number of hydrogen-bond acceptors (Lipinski definition) is 10. The Bertz CT molecular complexity index is 843. The third-order valence-electron chi connectivity index (χ3n) is 4.96. The molecule has 2 aliphatic rings. The van der Waals surface area contributed by atoms with E-state index in [0.717, 1.165) is 35.4 Å². The van der Waals surface area contributed by atoms with E-state index in [2.05, 4.69) is 15.3 Å². The second-order valence-corrected chi connectivity index (χ2v) is 6.77. The number of ketones is 1. The maximum Gasteiger partial charge on any atom is 0.182 e. The van der Waals surface area contributed by atoms with E-state index in [0.29, 0.717) is 37.0 Å². The molecule has 158 valence electrons. The Hall–Kier alpha value is -2.53. The van der Waals surface area contributed by atoms with Gasteiger partial charge < -0.3 is 30.5 Å². The molecular weight excluding hydrogens is 378 g/mol. The molecule has 10 nitrogen and oxygen atoms in total. The highest BCUT2D eigenvalue weighted by Gasteiger charge is 2.34. The minimum Gasteiger partial charge on any atom is -0.493 e. The molecule has 2 unspecified atom stereocenters. The summed E-state index contributed by atoms with van der Waals surface area (Å²) < 4.78 is 15.6. The molecule has 29 heavy (non-hydrogen) atoms. The first-order valence-corrected chi connectivity index (χ1v) is 9.49. The molecule has 4 N–H and O–H groups in total. The first-order valence-electron chi connectivity index (χ1n) is 9.49. The van der Waals surface area contributed by atoms with Crippen LogP contribution in [-0.2, 0) is 9.53 Å². The van der Waals surface area contributed by atoms with Crippen LogP contribution >= 0.6 is 0 Å². The van der Waals surface area contributed by atoms with E-state index >= 15 is 0 Å². The molecule has 2 saturated heterocycles. The molecule has 4 rings (SSSR count). The topological polar surface area (TPSA) is 132 Å². The molecule has 1 aromatic heterocycles. The Balaban J connectivity index is 0.000000166. The van der Waals surface area contributed by atoms with Gasteiger partial charge in [0, 0.05) is 37.7 Å². The number of fused-ring (bicyclic) bond motifs is 1. The third-order valence-corrected chi connectivity index (χ3v) is 4.96. The van der Waals surface area contributed by atoms with Gasteiger partial charge in [0.1, 0.15) is 24.3 Å². The quantitative estimate of drug-likeness (QED) is 0.665. The highest BCUT2D eigenvalue weighted by Crippen LogP contribution is 2.32. The van der Waals surface area contributed by atoms with Crippen LogP contribution in [0, 0.1) is 0 Å². The maximum atomic E-state index is 11.8. The van der Waals surface area contributed by atoms with Crippen molar-refractivity contribution >= 4 is 22.5 Å². The van der Waals surface area contributed by atoms with E-state index in [1.54, 1.807) is 26.4 Å². The number of nitrogen functional groups attached to an aromatic ring is 1. The molecule has 0 aliphatic carbocycles. The van der Waals surface area contributed by atoms with Gasteiger partial charge in [-0.3, -0.25) is 4.79 Å². The smallest absolute Gasteiger partial charge is 0.182 e. The van der Waals surface area contributed by atoms with Crippen LogP contribution in [0.15, 0.2) is 18.5 Å². The van der Waals surface area contributed by atoms with Gasteiger partial charge in [0.15, 0.2) is 17.3 Å². The number of rotatable bonds is 4. The predicted octanol–water partition coefficient (Wildman–Crippen LogP) is 0.627. The van der Waals surface area contributed by atoms with Gasteiger partial charge in [-0.25, -0.2) is 9.97 Å². The molecule has 2 fully saturated rings. The number of piperazine rings is 1. The van der Waals surface area contributed by atoms with Crippen molar-refractivity contribution in [1.29, 1.82) is 0 Å². The van der Waals surface area contributed by atoms with Crippen LogP contribution in [0.3, 0.4) is 0 Å². The fraction of sp³-hybridized carbons (Fsp3) is 0.526. The zero-order valence-corrected chi connectivity index (χ0v) is 16.6. The molecule has 1 aromatic carbocycles. The summed E-state index contributed by atoms with van der Waals surface area (Å²) in [4.78, 5) is 19.9. The van der Waals surface area contributed by atoms with E-state index in [-0.39, 0.29) is 11.9 Å². The van der Waals surface area contributed by atoms with Gasteiger partial charge in [0.05, 0.1) is 19.7 Å². The van der Waals surface area contributed by atoms with E-state index in [9.17, 15) is 10.0 Å². The molecule has 2 aliphatic heterocycles. The first-order chi connectivity index (χ1) is 14.0. The van der Waals surface area contributed by atoms with Crippen LogP contribution in [0.25, 0.3) is 10.9 Å². The summed E-state index contributed by atoms with van der Waals surface area (Å²) in [5.41, 5.74) is 6.46. The third kappa shape index (κ3) is 4.91. The first kappa shape index (κ1) is 21.2. The van der Waals surface area contributed by atoms with Gasteiger partial charge in [-0.1, -0.05) is 0 Å². The number of carbonyl (C=O) groups excluding carboxylic acids is 1. The minimum absolute atomic E-state index is 0.0113. The summed E-state index contributed by atoms with van der Waals surface area (Å²) in [6.07, 6.45) is 2.86. The van der Waals surface area contributed by atoms with E-state index in [1.807, 2.05) is 0 Å². The second-order valence-electron chi connectivity index (χ2n) is 6.77. The molecule has 10 heteroatoms. The summed E-state index contributed by atoms with van der Waals surface area (Å²) >= 11 is 0. The molecule has 2 aromatic rings. The number of nitrogens with zero attached hydrogens (tertiary/aromatic N) is 3. The lowest BCUT2D eigenvalue weighted by molar-refractivity contribution is -0.164. The van der Waals surface area contributed by atoms with Crippen LogP contribution < -0.4 is 20.5 Å². The zero-order chi connectivity index (χ0) is 20.8. The molecule has 0 saturated carbocycles. The number of hydrogen-bond donors (Lipinski definition) is 3. The molecule has 0 radical (unpaired) electrons. The number of aromatic nitrogens is 2. The number of ether oxygens (including phenoxy) is 3. The summed E-state index contributed by atoms with van der Waals surface area (Å²) in [6.45, 7) is 2.42. The maximum absolute atomic E-state index is 11.8. The van der Waals surface area contributed by atoms with Crippen molar-refractivity contribution in [2.24, 2.45) is 0 Å². The van der Waals surface area contributed by atoms with Gasteiger partial charge in [0.2, 0.25) is 0 Å². The largest absolute Gasteiger partial charge is 0.493 e. The van der Waals surface area contributed by atoms with Crippen LogP contribution in [0.5, 0.6) is 11.5 Å². The number of methoxy groups -OCH3 is 2. The van der Waals surface area contributed by atoms with Crippen molar-refractivity contribution in [1.82, 2.24) is 20.3 Å². The number of nitrogens with two attached hydrogens (primary N) is 1. The van der Waals surface area contributed by atoms with Gasteiger partial charge in [0.25, 0.3) is 0 Å². The van der Waals surface area contributed by atoms with Gasteiger partial charge in [-0.2, -0.15) is 5.06 Å². The molecule has 2 atom stereocenters. The minimum atomic E-state index is -0.424. The van der Waals surface area contributed by atoms with Crippen molar-refractivity contribution in [3.05, 3.63) is 18.5 Å². The number of Topliss-reactive ketones (excluding diaryl/α,β-unsaturated/α-hetero) is 1. The predicted molar refractivity (Wildman–Crippen MR) is 106 cm³/mol. The van der Waals surface area contributed by atoms with Crippen molar-refractivity contribution in [2.45, 2.75) is 25.0 Å². The highest BCUT2D eigenvalue weighted by molar-refractivity contribution is 5.90. The standard InChI is InChI=1S/C10H11N3O2.C9H16N2O3/c1-14-8-3-6-7(4-9(8)15-2)12-5-13-10(6)11;12-9(8-2-1-5-14-8)7-6-10-3-4-11(7)13/h3-5H,1-2H3,(H2,11,12,13);7-8,10,13H,1-6H2. The summed E-state index contributed by atoms with van der Waals surface area (Å²) in [7, 11) is 3.15. The Morgan fingerprint density at radius 1 is 1.31 bits per heavy atom. The average molecular weight is 405 g/mol. The lowest BCUT2D eigenvalue weighted by Gasteiger charge is -2.31. The SMILES string of the molecule is COc1cc2ncnc(N)c2cc1OC.O=C(C1CCCO1)C1CNCCN1O. The van der Waals surface area contributed by atoms with Crippen LogP contribution in [0.4, 0.5) is 5.82 Å². The number of carbonyl (C=O) groups is 1. The van der Waals surface area contributed by atoms with Crippen molar-refractivity contribution in [2.75, 3.05) is 46.2 Å². The Morgan fingerprint density at radius 2 is 2.07 bits per heavy atom. The molecule has 0 spiro atoms. The molecule has 3 heterocycles. The Labute approximate surface area is 168 Å². The fourth-order valence-electron chi connectivity index (χ4n) is 3.36. The second kappa shape index (κ2) is 9.79. The van der Waals surface area contributed by atoms with Crippen molar-refractivity contribution in [3.8, 4) is 11.5 Å². The normalized spacial score (nSPS) is 22.0. The molecule has 0 bridgehead atoms. The van der Waals surface area contributed by atoms with Gasteiger partial charge in [-0.05, 0) is 18.9 Å². The van der Waals surface area contributed by atoms with Crippen LogP contribution in [0.1, 0.15) is 12.8 Å². The number of benzene rings is 1. The van der Waals surface area contributed by atoms with Crippen molar-refractivity contribution in [3.63, 3.8) is 0 Å². The van der Waals surface area contributed by atoms with Gasteiger partial charge >= 0.3 is 0 Å². The zero-order valence-electron chi connectivity index (χ0n) is 16.6. The molecular formula is C19H27N5O5. The summed E-state index contributed by atoms with van der Waals surface area (Å²) in [5.74, 6) is 1.69.